The molecule has 0 bridgehead atoms. The van der Waals surface area contributed by atoms with Crippen molar-refractivity contribution in [3.63, 3.8) is 0 Å². The lowest BCUT2D eigenvalue weighted by Crippen LogP contribution is -2.39. The van der Waals surface area contributed by atoms with E-state index in [9.17, 15) is 4.79 Å². The molecule has 0 saturated carbocycles. The molecule has 14 heavy (non-hydrogen) atoms. The zero-order valence-electron chi connectivity index (χ0n) is 8.95. The summed E-state index contributed by atoms with van der Waals surface area (Å²) in [6.45, 7) is 7.72. The largest absolute Gasteiger partial charge is 0.310 e. The second-order valence-electron chi connectivity index (χ2n) is 4.29. The highest BCUT2D eigenvalue weighted by molar-refractivity contribution is 4.82. The van der Waals surface area contributed by atoms with Crippen LogP contribution in [0.2, 0.25) is 0 Å². The van der Waals surface area contributed by atoms with E-state index in [0.717, 1.165) is 6.54 Å². The fourth-order valence-electron chi connectivity index (χ4n) is 1.10. The zero-order valence-corrected chi connectivity index (χ0v) is 8.95. The van der Waals surface area contributed by atoms with Crippen molar-refractivity contribution in [2.45, 2.75) is 32.9 Å². The fraction of sp³-hybridized carbons (Fsp3) is 0.600. The minimum absolute atomic E-state index is 0.00397. The molecule has 0 aromatic carbocycles. The average Bonchev–Trinajstić information content (AvgIpc) is 2.06. The quantitative estimate of drug-likeness (QED) is 0.769. The predicted octanol–water partition coefficient (Wildman–Crippen LogP) is 0.631. The minimum Gasteiger partial charge on any atom is -0.310 e. The smallest absolute Gasteiger partial charge is 0.253 e. The molecule has 0 spiro atoms. The van der Waals surface area contributed by atoms with E-state index in [-0.39, 0.29) is 11.1 Å². The molecule has 0 atom stereocenters. The standard InChI is InChI=1S/C10H17N3O/c1-10(2,3)12-6-7-13-8-11-5-4-9(13)14/h4-5,8,12H,6-7H2,1-3H3. The molecule has 0 fully saturated rings. The van der Waals surface area contributed by atoms with Gasteiger partial charge in [-0.05, 0) is 20.8 Å². The summed E-state index contributed by atoms with van der Waals surface area (Å²) in [5.41, 5.74) is 0.0851. The molecule has 0 unspecified atom stereocenters. The maximum Gasteiger partial charge on any atom is 0.253 e. The molecule has 4 nitrogen and oxygen atoms in total. The second-order valence-corrected chi connectivity index (χ2v) is 4.29. The van der Waals surface area contributed by atoms with Crippen molar-refractivity contribution in [3.8, 4) is 0 Å². The molecule has 0 radical (unpaired) electrons. The monoisotopic (exact) mass is 195 g/mol. The van der Waals surface area contributed by atoms with Gasteiger partial charge in [-0.15, -0.1) is 0 Å². The van der Waals surface area contributed by atoms with Gasteiger partial charge in [-0.2, -0.15) is 0 Å². The molecule has 1 aromatic rings. The fourth-order valence-corrected chi connectivity index (χ4v) is 1.10. The first-order valence-electron chi connectivity index (χ1n) is 4.74. The Morgan fingerprint density at radius 2 is 2.21 bits per heavy atom. The van der Waals surface area contributed by atoms with Crippen LogP contribution < -0.4 is 10.9 Å². The van der Waals surface area contributed by atoms with Crippen LogP contribution in [-0.4, -0.2) is 21.6 Å². The Morgan fingerprint density at radius 1 is 1.50 bits per heavy atom. The molecule has 0 amide bonds. The van der Waals surface area contributed by atoms with E-state index in [4.69, 9.17) is 0 Å². The Hall–Kier alpha value is -1.16. The van der Waals surface area contributed by atoms with Crippen molar-refractivity contribution in [3.05, 3.63) is 28.9 Å². The van der Waals surface area contributed by atoms with Gasteiger partial charge in [-0.3, -0.25) is 9.36 Å². The third kappa shape index (κ3) is 3.70. The van der Waals surface area contributed by atoms with Crippen LogP contribution in [0.4, 0.5) is 0 Å². The highest BCUT2D eigenvalue weighted by atomic mass is 16.1. The Morgan fingerprint density at radius 3 is 2.79 bits per heavy atom. The van der Waals surface area contributed by atoms with Crippen molar-refractivity contribution < 1.29 is 0 Å². The summed E-state index contributed by atoms with van der Waals surface area (Å²) in [7, 11) is 0. The van der Waals surface area contributed by atoms with Gasteiger partial charge in [0, 0.05) is 30.9 Å². The normalized spacial score (nSPS) is 11.6. The van der Waals surface area contributed by atoms with E-state index in [1.807, 2.05) is 0 Å². The summed E-state index contributed by atoms with van der Waals surface area (Å²) in [4.78, 5) is 15.2. The molecule has 78 valence electrons. The predicted molar refractivity (Wildman–Crippen MR) is 56.3 cm³/mol. The van der Waals surface area contributed by atoms with Gasteiger partial charge in [0.05, 0.1) is 6.33 Å². The number of nitrogens with zero attached hydrogens (tertiary/aromatic N) is 2. The Labute approximate surface area is 84.0 Å². The topological polar surface area (TPSA) is 46.9 Å². The highest BCUT2D eigenvalue weighted by Gasteiger charge is 2.07. The molecule has 0 aliphatic heterocycles. The van der Waals surface area contributed by atoms with Gasteiger partial charge in [0.2, 0.25) is 0 Å². The summed E-state index contributed by atoms with van der Waals surface area (Å²) in [5, 5.41) is 3.31. The number of aromatic nitrogens is 2. The van der Waals surface area contributed by atoms with Crippen molar-refractivity contribution in [2.24, 2.45) is 0 Å². The minimum atomic E-state index is -0.00397. The number of rotatable bonds is 3. The molecular formula is C10H17N3O. The molecule has 1 heterocycles. The van der Waals surface area contributed by atoms with Crippen LogP contribution in [0.25, 0.3) is 0 Å². The van der Waals surface area contributed by atoms with E-state index >= 15 is 0 Å². The summed E-state index contributed by atoms with van der Waals surface area (Å²) >= 11 is 0. The van der Waals surface area contributed by atoms with E-state index in [2.05, 4.69) is 31.1 Å². The Balaban J connectivity index is 2.47. The van der Waals surface area contributed by atoms with Crippen molar-refractivity contribution in [2.75, 3.05) is 6.54 Å². The van der Waals surface area contributed by atoms with E-state index in [0.29, 0.717) is 6.54 Å². The summed E-state index contributed by atoms with van der Waals surface area (Å²) in [5.74, 6) is 0. The van der Waals surface area contributed by atoms with Gasteiger partial charge in [0.15, 0.2) is 0 Å². The molecule has 1 N–H and O–H groups in total. The first-order chi connectivity index (χ1) is 6.49. The first kappa shape index (κ1) is 10.9. The molecule has 1 rings (SSSR count). The second kappa shape index (κ2) is 4.37. The van der Waals surface area contributed by atoms with E-state index < -0.39 is 0 Å². The third-order valence-electron chi connectivity index (χ3n) is 1.80. The lowest BCUT2D eigenvalue weighted by molar-refractivity contribution is 0.409. The van der Waals surface area contributed by atoms with Crippen LogP contribution in [0, 0.1) is 0 Å². The summed E-state index contributed by atoms with van der Waals surface area (Å²) in [6, 6.07) is 1.47. The van der Waals surface area contributed by atoms with Gasteiger partial charge in [0.1, 0.15) is 0 Å². The molecule has 0 aliphatic rings. The van der Waals surface area contributed by atoms with Gasteiger partial charge < -0.3 is 5.32 Å². The van der Waals surface area contributed by atoms with Crippen molar-refractivity contribution in [1.29, 1.82) is 0 Å². The average molecular weight is 195 g/mol. The summed E-state index contributed by atoms with van der Waals surface area (Å²) in [6.07, 6.45) is 3.07. The number of hydrogen-bond donors (Lipinski definition) is 1. The lowest BCUT2D eigenvalue weighted by Gasteiger charge is -2.20. The Bertz CT molecular complexity index is 338. The van der Waals surface area contributed by atoms with E-state index in [1.165, 1.54) is 12.3 Å². The van der Waals surface area contributed by atoms with Gasteiger partial charge in [-0.1, -0.05) is 0 Å². The Kier molecular flexibility index (Phi) is 3.41. The SMILES string of the molecule is CC(C)(C)NCCn1cnccc1=O. The first-order valence-corrected chi connectivity index (χ1v) is 4.74. The molecule has 0 aliphatic carbocycles. The molecule has 4 heteroatoms. The van der Waals surface area contributed by atoms with Crippen LogP contribution in [0.1, 0.15) is 20.8 Å². The van der Waals surface area contributed by atoms with Gasteiger partial charge in [-0.25, -0.2) is 4.98 Å². The van der Waals surface area contributed by atoms with Crippen LogP contribution in [0.3, 0.4) is 0 Å². The van der Waals surface area contributed by atoms with Gasteiger partial charge >= 0.3 is 0 Å². The lowest BCUT2D eigenvalue weighted by atomic mass is 10.1. The molecule has 0 saturated heterocycles. The van der Waals surface area contributed by atoms with Crippen LogP contribution in [0.5, 0.6) is 0 Å². The van der Waals surface area contributed by atoms with Crippen molar-refractivity contribution in [1.82, 2.24) is 14.9 Å². The third-order valence-corrected chi connectivity index (χ3v) is 1.80. The molecule has 1 aromatic heterocycles. The van der Waals surface area contributed by atoms with Crippen LogP contribution >= 0.6 is 0 Å². The maximum absolute atomic E-state index is 11.3. The van der Waals surface area contributed by atoms with Crippen molar-refractivity contribution >= 4 is 0 Å². The van der Waals surface area contributed by atoms with Gasteiger partial charge in [0.25, 0.3) is 5.56 Å². The van der Waals surface area contributed by atoms with E-state index in [1.54, 1.807) is 10.9 Å². The van der Waals surface area contributed by atoms with Crippen LogP contribution in [-0.2, 0) is 6.54 Å². The maximum atomic E-state index is 11.3. The highest BCUT2D eigenvalue weighted by Crippen LogP contribution is 1.96. The summed E-state index contributed by atoms with van der Waals surface area (Å²) < 4.78 is 1.60. The zero-order chi connectivity index (χ0) is 10.6. The molecular weight excluding hydrogens is 178 g/mol. The van der Waals surface area contributed by atoms with Crippen LogP contribution in [0.15, 0.2) is 23.4 Å². The number of hydrogen-bond acceptors (Lipinski definition) is 3. The number of nitrogens with one attached hydrogen (secondary N) is 1.